The highest BCUT2D eigenvalue weighted by atomic mass is 32.2. The molecule has 104 valence electrons. The molecule has 21 heavy (non-hydrogen) atoms. The van der Waals surface area contributed by atoms with Gasteiger partial charge in [-0.15, -0.1) is 10.2 Å². The number of benzene rings is 2. The van der Waals surface area contributed by atoms with Crippen LogP contribution in [0.4, 0.5) is 5.69 Å². The molecule has 0 saturated heterocycles. The largest absolute Gasteiger partial charge is 0.411 e. The maximum Gasteiger partial charge on any atom is 0.281 e. The molecular weight excluding hydrogens is 290 g/mol. The zero-order valence-corrected chi connectivity index (χ0v) is 11.5. The van der Waals surface area contributed by atoms with Gasteiger partial charge >= 0.3 is 0 Å². The highest BCUT2D eigenvalue weighted by Gasteiger charge is 2.10. The van der Waals surface area contributed by atoms with E-state index in [1.54, 1.807) is 12.1 Å². The van der Waals surface area contributed by atoms with Crippen molar-refractivity contribution < 1.29 is 9.34 Å². The van der Waals surface area contributed by atoms with Gasteiger partial charge < -0.3 is 4.42 Å². The van der Waals surface area contributed by atoms with Crippen LogP contribution in [0.15, 0.2) is 69.1 Å². The molecule has 0 N–H and O–H groups in total. The lowest BCUT2D eigenvalue weighted by molar-refractivity contribution is -0.384. The number of non-ortho nitro benzene ring substituents is 1. The minimum absolute atomic E-state index is 0.0508. The van der Waals surface area contributed by atoms with E-state index in [0.29, 0.717) is 11.1 Å². The Labute approximate surface area is 124 Å². The number of hydrogen-bond acceptors (Lipinski definition) is 6. The molecule has 2 aromatic carbocycles. The molecule has 1 aromatic heterocycles. The standard InChI is InChI=1S/C14H9N3O3S/c18-17(19)11-6-8-12(9-7-11)21-14-16-15-13(20-14)10-4-2-1-3-5-10/h1-9H. The molecule has 0 spiro atoms. The zero-order valence-electron chi connectivity index (χ0n) is 10.7. The van der Waals surface area contributed by atoms with Crippen LogP contribution in [0.5, 0.6) is 0 Å². The highest BCUT2D eigenvalue weighted by Crippen LogP contribution is 2.30. The first kappa shape index (κ1) is 13.3. The second kappa shape index (κ2) is 5.76. The van der Waals surface area contributed by atoms with Crippen molar-refractivity contribution >= 4 is 17.4 Å². The summed E-state index contributed by atoms with van der Waals surface area (Å²) in [6.45, 7) is 0. The summed E-state index contributed by atoms with van der Waals surface area (Å²) < 4.78 is 5.56. The van der Waals surface area contributed by atoms with Gasteiger partial charge in [0.2, 0.25) is 5.89 Å². The van der Waals surface area contributed by atoms with Crippen LogP contribution in [0.3, 0.4) is 0 Å². The fourth-order valence-electron chi connectivity index (χ4n) is 1.69. The fraction of sp³-hybridized carbons (Fsp3) is 0. The topological polar surface area (TPSA) is 82.1 Å². The van der Waals surface area contributed by atoms with Gasteiger partial charge in [-0.1, -0.05) is 18.2 Å². The van der Waals surface area contributed by atoms with Crippen molar-refractivity contribution in [3.05, 3.63) is 64.7 Å². The van der Waals surface area contributed by atoms with Gasteiger partial charge in [0.25, 0.3) is 10.9 Å². The molecule has 0 saturated carbocycles. The molecule has 1 heterocycles. The average molecular weight is 299 g/mol. The van der Waals surface area contributed by atoms with Crippen LogP contribution in [0, 0.1) is 10.1 Å². The Morgan fingerprint density at radius 1 is 1.00 bits per heavy atom. The van der Waals surface area contributed by atoms with E-state index >= 15 is 0 Å². The number of nitrogens with zero attached hydrogens (tertiary/aromatic N) is 3. The van der Waals surface area contributed by atoms with E-state index in [1.807, 2.05) is 30.3 Å². The molecule has 0 unspecified atom stereocenters. The van der Waals surface area contributed by atoms with Crippen molar-refractivity contribution in [2.75, 3.05) is 0 Å². The Bertz CT molecular complexity index is 757. The molecule has 3 rings (SSSR count). The smallest absolute Gasteiger partial charge is 0.281 e. The number of aromatic nitrogens is 2. The van der Waals surface area contributed by atoms with Crippen molar-refractivity contribution in [3.8, 4) is 11.5 Å². The molecule has 0 radical (unpaired) electrons. The number of nitro benzene ring substituents is 1. The summed E-state index contributed by atoms with van der Waals surface area (Å²) in [5.74, 6) is 0.444. The van der Waals surface area contributed by atoms with Crippen LogP contribution in [-0.2, 0) is 0 Å². The van der Waals surface area contributed by atoms with Gasteiger partial charge in [0.05, 0.1) is 4.92 Å². The predicted octanol–water partition coefficient (Wildman–Crippen LogP) is 3.80. The van der Waals surface area contributed by atoms with E-state index in [4.69, 9.17) is 4.42 Å². The van der Waals surface area contributed by atoms with Crippen LogP contribution < -0.4 is 0 Å². The van der Waals surface area contributed by atoms with E-state index in [1.165, 1.54) is 23.9 Å². The maximum absolute atomic E-state index is 10.6. The third kappa shape index (κ3) is 3.09. The average Bonchev–Trinajstić information content (AvgIpc) is 2.97. The van der Waals surface area contributed by atoms with Crippen molar-refractivity contribution in [1.82, 2.24) is 10.2 Å². The highest BCUT2D eigenvalue weighted by molar-refractivity contribution is 7.99. The van der Waals surface area contributed by atoms with Gasteiger partial charge in [-0.05, 0) is 36.0 Å². The van der Waals surface area contributed by atoms with Gasteiger partial charge in [0, 0.05) is 22.6 Å². The molecule has 0 atom stereocenters. The minimum Gasteiger partial charge on any atom is -0.411 e. The zero-order chi connectivity index (χ0) is 14.7. The quantitative estimate of drug-likeness (QED) is 0.538. The van der Waals surface area contributed by atoms with Crippen molar-refractivity contribution in [2.45, 2.75) is 10.1 Å². The number of rotatable bonds is 4. The Morgan fingerprint density at radius 3 is 2.38 bits per heavy atom. The first-order valence-electron chi connectivity index (χ1n) is 6.03. The summed E-state index contributed by atoms with van der Waals surface area (Å²) in [4.78, 5) is 10.9. The molecule has 0 aliphatic carbocycles. The van der Waals surface area contributed by atoms with E-state index in [-0.39, 0.29) is 5.69 Å². The van der Waals surface area contributed by atoms with E-state index < -0.39 is 4.92 Å². The molecule has 6 nitrogen and oxygen atoms in total. The van der Waals surface area contributed by atoms with Crippen LogP contribution >= 0.6 is 11.8 Å². The monoisotopic (exact) mass is 299 g/mol. The lowest BCUT2D eigenvalue weighted by Crippen LogP contribution is -1.86. The molecule has 7 heteroatoms. The molecule has 3 aromatic rings. The Hall–Kier alpha value is -2.67. The first-order chi connectivity index (χ1) is 10.2. The summed E-state index contributed by atoms with van der Waals surface area (Å²) in [6, 6.07) is 15.6. The molecule has 0 bridgehead atoms. The van der Waals surface area contributed by atoms with Crippen LogP contribution in [0.25, 0.3) is 11.5 Å². The third-order valence-electron chi connectivity index (χ3n) is 2.68. The van der Waals surface area contributed by atoms with Gasteiger partial charge in [0.1, 0.15) is 0 Å². The van der Waals surface area contributed by atoms with Crippen LogP contribution in [0.1, 0.15) is 0 Å². The molecule has 0 aliphatic rings. The summed E-state index contributed by atoms with van der Waals surface area (Å²) in [5.41, 5.74) is 0.899. The van der Waals surface area contributed by atoms with Gasteiger partial charge in [-0.2, -0.15) is 0 Å². The number of nitro groups is 1. The molecule has 0 aliphatic heterocycles. The molecular formula is C14H9N3O3S. The summed E-state index contributed by atoms with van der Waals surface area (Å²) in [6.07, 6.45) is 0. The second-order valence-corrected chi connectivity index (χ2v) is 5.12. The summed E-state index contributed by atoms with van der Waals surface area (Å²) in [5, 5.41) is 18.9. The fourth-order valence-corrected chi connectivity index (χ4v) is 2.36. The van der Waals surface area contributed by atoms with Crippen LogP contribution in [0.2, 0.25) is 0 Å². The van der Waals surface area contributed by atoms with E-state index in [2.05, 4.69) is 10.2 Å². The van der Waals surface area contributed by atoms with Gasteiger partial charge in [-0.3, -0.25) is 10.1 Å². The van der Waals surface area contributed by atoms with Crippen molar-refractivity contribution in [2.24, 2.45) is 0 Å². The molecule has 0 amide bonds. The predicted molar refractivity (Wildman–Crippen MR) is 77.0 cm³/mol. The van der Waals surface area contributed by atoms with Gasteiger partial charge in [-0.25, -0.2) is 0 Å². The maximum atomic E-state index is 10.6. The number of hydrogen-bond donors (Lipinski definition) is 0. The Kier molecular flexibility index (Phi) is 3.65. The SMILES string of the molecule is O=[N+]([O-])c1ccc(Sc2nnc(-c3ccccc3)o2)cc1. The first-order valence-corrected chi connectivity index (χ1v) is 6.85. The van der Waals surface area contributed by atoms with Crippen molar-refractivity contribution in [1.29, 1.82) is 0 Å². The third-order valence-corrected chi connectivity index (χ3v) is 3.53. The lowest BCUT2D eigenvalue weighted by atomic mass is 10.2. The van der Waals surface area contributed by atoms with Crippen molar-refractivity contribution in [3.63, 3.8) is 0 Å². The van der Waals surface area contributed by atoms with Crippen LogP contribution in [-0.4, -0.2) is 15.1 Å². The molecule has 0 fully saturated rings. The Balaban J connectivity index is 1.77. The normalized spacial score (nSPS) is 10.5. The Morgan fingerprint density at radius 2 is 1.71 bits per heavy atom. The second-order valence-electron chi connectivity index (χ2n) is 4.09. The van der Waals surface area contributed by atoms with E-state index in [9.17, 15) is 10.1 Å². The van der Waals surface area contributed by atoms with E-state index in [0.717, 1.165) is 10.5 Å². The van der Waals surface area contributed by atoms with Gasteiger partial charge in [0.15, 0.2) is 0 Å². The summed E-state index contributed by atoms with van der Waals surface area (Å²) >= 11 is 1.26. The summed E-state index contributed by atoms with van der Waals surface area (Å²) in [7, 11) is 0. The minimum atomic E-state index is -0.436. The lowest BCUT2D eigenvalue weighted by Gasteiger charge is -1.96.